The molecule has 0 aliphatic rings. The van der Waals surface area contributed by atoms with Gasteiger partial charge in [-0.3, -0.25) is 14.4 Å². The first-order valence-corrected chi connectivity index (χ1v) is 33.8. The van der Waals surface area contributed by atoms with Crippen molar-refractivity contribution >= 4 is 17.9 Å². The van der Waals surface area contributed by atoms with Crippen LogP contribution in [0.5, 0.6) is 0 Å². The summed E-state index contributed by atoms with van der Waals surface area (Å²) in [4.78, 5) is 38.3. The van der Waals surface area contributed by atoms with Crippen molar-refractivity contribution in [3.05, 3.63) is 60.8 Å². The number of hydrogen-bond donors (Lipinski definition) is 0. The Morgan fingerprint density at radius 3 is 0.805 bits per heavy atom. The van der Waals surface area contributed by atoms with E-state index in [1.54, 1.807) is 0 Å². The molecular weight excluding hydrogens is 949 g/mol. The van der Waals surface area contributed by atoms with Gasteiger partial charge in [-0.1, -0.05) is 313 Å². The molecule has 0 fully saturated rings. The van der Waals surface area contributed by atoms with E-state index >= 15 is 0 Å². The quantitative estimate of drug-likeness (QED) is 0.0261. The normalized spacial score (nSPS) is 12.4. The van der Waals surface area contributed by atoms with Gasteiger partial charge in [-0.2, -0.15) is 0 Å². The summed E-state index contributed by atoms with van der Waals surface area (Å²) in [6, 6.07) is 0. The highest BCUT2D eigenvalue weighted by Gasteiger charge is 2.19. The molecule has 0 saturated heterocycles. The first-order valence-electron chi connectivity index (χ1n) is 33.8. The topological polar surface area (TPSA) is 78.9 Å². The van der Waals surface area contributed by atoms with Crippen molar-refractivity contribution in [3.63, 3.8) is 0 Å². The van der Waals surface area contributed by atoms with Crippen molar-refractivity contribution in [3.8, 4) is 0 Å². The van der Waals surface area contributed by atoms with Gasteiger partial charge < -0.3 is 14.2 Å². The second-order valence-corrected chi connectivity index (χ2v) is 22.7. The van der Waals surface area contributed by atoms with Crippen molar-refractivity contribution in [2.45, 2.75) is 361 Å². The fourth-order valence-electron chi connectivity index (χ4n) is 9.96. The Balaban J connectivity index is 4.13. The van der Waals surface area contributed by atoms with Crippen LogP contribution in [0, 0.1) is 0 Å². The molecule has 0 aromatic rings. The van der Waals surface area contributed by atoms with Gasteiger partial charge in [0.1, 0.15) is 13.2 Å². The fraction of sp³-hybridized carbons (Fsp3) is 0.817. The Bertz CT molecular complexity index is 1380. The molecule has 0 bridgehead atoms. The second-order valence-electron chi connectivity index (χ2n) is 22.7. The van der Waals surface area contributed by atoms with Crippen LogP contribution < -0.4 is 0 Å². The predicted octanol–water partition coefficient (Wildman–Crippen LogP) is 23.1. The molecule has 0 radical (unpaired) electrons. The Kier molecular flexibility index (Phi) is 63.2. The van der Waals surface area contributed by atoms with Gasteiger partial charge in [0.2, 0.25) is 0 Å². The molecule has 6 heteroatoms. The summed E-state index contributed by atoms with van der Waals surface area (Å²) in [5.41, 5.74) is 0. The minimum atomic E-state index is -0.772. The third-order valence-corrected chi connectivity index (χ3v) is 15.0. The molecule has 1 atom stereocenters. The van der Waals surface area contributed by atoms with Crippen LogP contribution >= 0.6 is 0 Å². The van der Waals surface area contributed by atoms with Crippen LogP contribution in [0.2, 0.25) is 0 Å². The van der Waals surface area contributed by atoms with Gasteiger partial charge >= 0.3 is 17.9 Å². The molecule has 0 aliphatic heterocycles. The van der Waals surface area contributed by atoms with Crippen molar-refractivity contribution < 1.29 is 28.6 Å². The van der Waals surface area contributed by atoms with E-state index < -0.39 is 6.10 Å². The summed E-state index contributed by atoms with van der Waals surface area (Å²) in [7, 11) is 0. The average molecular weight is 1080 g/mol. The van der Waals surface area contributed by atoms with Crippen molar-refractivity contribution in [1.82, 2.24) is 0 Å². The van der Waals surface area contributed by atoms with Crippen LogP contribution in [-0.4, -0.2) is 37.2 Å². The number of allylic oxidation sites excluding steroid dienone is 10. The second kappa shape index (κ2) is 65.6. The summed E-state index contributed by atoms with van der Waals surface area (Å²) >= 11 is 0. The van der Waals surface area contributed by atoms with Gasteiger partial charge in [0.15, 0.2) is 6.10 Å². The number of carbonyl (C=O) groups excluding carboxylic acids is 3. The molecule has 0 aliphatic carbocycles. The van der Waals surface area contributed by atoms with Gasteiger partial charge in [0.25, 0.3) is 0 Å². The maximum atomic E-state index is 12.9. The first kappa shape index (κ1) is 74.1. The minimum absolute atomic E-state index is 0.0700. The highest BCUT2D eigenvalue weighted by molar-refractivity contribution is 5.71. The van der Waals surface area contributed by atoms with Crippen LogP contribution in [0.15, 0.2) is 60.8 Å². The lowest BCUT2D eigenvalue weighted by atomic mass is 10.0. The maximum Gasteiger partial charge on any atom is 0.306 e. The predicted molar refractivity (Wildman–Crippen MR) is 335 cm³/mol. The zero-order valence-electron chi connectivity index (χ0n) is 51.5. The van der Waals surface area contributed by atoms with E-state index in [9.17, 15) is 14.4 Å². The Morgan fingerprint density at radius 2 is 0.506 bits per heavy atom. The lowest BCUT2D eigenvalue weighted by Gasteiger charge is -2.18. The summed E-state index contributed by atoms with van der Waals surface area (Å²) in [6.45, 7) is 6.56. The van der Waals surface area contributed by atoms with E-state index in [0.29, 0.717) is 19.3 Å². The largest absolute Gasteiger partial charge is 0.462 e. The number of hydrogen-bond acceptors (Lipinski definition) is 6. The SMILES string of the molecule is CC/C=C\C/C=C\C/C=C\C/C=C\CCCCCCCCCCCCCCCCCCCCC(=O)OCC(COC(=O)CCCCCCCCCCCCC)OC(=O)CCCCCCCCC/C=C\CCCCCCCC. The Labute approximate surface area is 479 Å². The summed E-state index contributed by atoms with van der Waals surface area (Å²) in [5, 5.41) is 0. The number of carbonyl (C=O) groups is 3. The van der Waals surface area contributed by atoms with E-state index in [2.05, 4.69) is 81.5 Å². The smallest absolute Gasteiger partial charge is 0.306 e. The molecule has 0 N–H and O–H groups in total. The fourth-order valence-corrected chi connectivity index (χ4v) is 9.96. The Morgan fingerprint density at radius 1 is 0.273 bits per heavy atom. The lowest BCUT2D eigenvalue weighted by Crippen LogP contribution is -2.30. The van der Waals surface area contributed by atoms with E-state index in [1.807, 2.05) is 0 Å². The summed E-state index contributed by atoms with van der Waals surface area (Å²) in [5.74, 6) is -0.853. The molecular formula is C71H128O6. The van der Waals surface area contributed by atoms with Crippen LogP contribution in [0.4, 0.5) is 0 Å². The molecule has 0 aromatic heterocycles. The van der Waals surface area contributed by atoms with Crippen LogP contribution in [0.1, 0.15) is 355 Å². The molecule has 0 rings (SSSR count). The van der Waals surface area contributed by atoms with E-state index in [0.717, 1.165) is 83.5 Å². The van der Waals surface area contributed by atoms with E-state index in [-0.39, 0.29) is 31.1 Å². The van der Waals surface area contributed by atoms with Gasteiger partial charge in [-0.15, -0.1) is 0 Å². The number of esters is 3. The number of unbranched alkanes of at least 4 members (excludes halogenated alkanes) is 41. The van der Waals surface area contributed by atoms with E-state index in [1.165, 1.54) is 231 Å². The zero-order valence-corrected chi connectivity index (χ0v) is 51.5. The van der Waals surface area contributed by atoms with Gasteiger partial charge in [-0.05, 0) is 83.5 Å². The molecule has 448 valence electrons. The van der Waals surface area contributed by atoms with Crippen LogP contribution in [0.25, 0.3) is 0 Å². The minimum Gasteiger partial charge on any atom is -0.462 e. The highest BCUT2D eigenvalue weighted by Crippen LogP contribution is 2.18. The summed E-state index contributed by atoms with van der Waals surface area (Å²) < 4.78 is 16.9. The number of ether oxygens (including phenoxy) is 3. The maximum absolute atomic E-state index is 12.9. The van der Waals surface area contributed by atoms with Gasteiger partial charge in [-0.25, -0.2) is 0 Å². The summed E-state index contributed by atoms with van der Waals surface area (Å²) in [6.07, 6.45) is 83.9. The third kappa shape index (κ3) is 63.8. The van der Waals surface area contributed by atoms with Gasteiger partial charge in [0, 0.05) is 19.3 Å². The Hall–Kier alpha value is -2.89. The zero-order chi connectivity index (χ0) is 55.7. The molecule has 77 heavy (non-hydrogen) atoms. The molecule has 6 nitrogen and oxygen atoms in total. The molecule has 0 aromatic carbocycles. The average Bonchev–Trinajstić information content (AvgIpc) is 3.43. The standard InChI is InChI=1S/C71H128O6/c1-4-7-10-13-16-19-22-24-26-28-29-30-31-32-33-34-35-36-37-38-39-40-41-43-44-46-49-52-55-58-61-64-70(73)76-67-68(66-75-69(72)63-60-57-54-51-48-21-18-15-12-9-6-3)77-71(74)65-62-59-56-53-50-47-45-42-27-25-23-20-17-14-11-8-5-2/h7,10,16,19,24-27,29-30,68H,4-6,8-9,11-15,17-18,20-23,28,31-67H2,1-3H3/b10-7-,19-16-,26-24-,27-25-,30-29-. The van der Waals surface area contributed by atoms with Crippen molar-refractivity contribution in [2.75, 3.05) is 13.2 Å². The monoisotopic (exact) mass is 1080 g/mol. The van der Waals surface area contributed by atoms with Crippen molar-refractivity contribution in [1.29, 1.82) is 0 Å². The first-order chi connectivity index (χ1) is 38.0. The lowest BCUT2D eigenvalue weighted by molar-refractivity contribution is -0.167. The third-order valence-electron chi connectivity index (χ3n) is 15.0. The molecule has 0 spiro atoms. The molecule has 0 heterocycles. The highest BCUT2D eigenvalue weighted by atomic mass is 16.6. The van der Waals surface area contributed by atoms with Crippen LogP contribution in [0.3, 0.4) is 0 Å². The van der Waals surface area contributed by atoms with E-state index in [4.69, 9.17) is 14.2 Å². The van der Waals surface area contributed by atoms with Gasteiger partial charge in [0.05, 0.1) is 0 Å². The molecule has 0 amide bonds. The molecule has 0 saturated carbocycles. The van der Waals surface area contributed by atoms with Crippen LogP contribution in [-0.2, 0) is 28.6 Å². The molecule has 1 unspecified atom stereocenters. The van der Waals surface area contributed by atoms with Crippen molar-refractivity contribution in [2.24, 2.45) is 0 Å². The number of rotatable bonds is 62.